The fourth-order valence-electron chi connectivity index (χ4n) is 3.12. The first-order chi connectivity index (χ1) is 14.5. The average molecular weight is 463 g/mol. The van der Waals surface area contributed by atoms with Crippen LogP contribution in [0, 0.1) is 6.92 Å². The molecule has 164 valence electrons. The summed E-state index contributed by atoms with van der Waals surface area (Å²) >= 11 is 6.16. The summed E-state index contributed by atoms with van der Waals surface area (Å²) in [7, 11) is -2.11. The smallest absolute Gasteiger partial charge is 0.295 e. The highest BCUT2D eigenvalue weighted by Crippen LogP contribution is 2.23. The highest BCUT2D eigenvalue weighted by molar-refractivity contribution is 7.89. The quantitative estimate of drug-likeness (QED) is 0.587. The van der Waals surface area contributed by atoms with Gasteiger partial charge in [-0.05, 0) is 51.1 Å². The molecule has 0 radical (unpaired) electrons. The van der Waals surface area contributed by atoms with E-state index in [0.29, 0.717) is 11.4 Å². The second kappa shape index (κ2) is 8.70. The second-order valence-corrected chi connectivity index (χ2v) is 9.43. The van der Waals surface area contributed by atoms with Crippen molar-refractivity contribution < 1.29 is 13.2 Å². The summed E-state index contributed by atoms with van der Waals surface area (Å²) in [5, 5.41) is 2.66. The van der Waals surface area contributed by atoms with E-state index in [0.717, 1.165) is 0 Å². The fraction of sp³-hybridized carbons (Fsp3) is 0.238. The van der Waals surface area contributed by atoms with E-state index in [4.69, 9.17) is 11.6 Å². The lowest BCUT2D eigenvalue weighted by molar-refractivity contribution is 0.102. The molecule has 0 unspecified atom stereocenters. The van der Waals surface area contributed by atoms with Gasteiger partial charge >= 0.3 is 0 Å². The Morgan fingerprint density at radius 2 is 1.74 bits per heavy atom. The molecule has 3 aromatic rings. The Labute approximate surface area is 185 Å². The first-order valence-electron chi connectivity index (χ1n) is 9.50. The number of hydrogen-bond donors (Lipinski definition) is 2. The Bertz CT molecular complexity index is 1290. The number of anilines is 1. The van der Waals surface area contributed by atoms with Crippen molar-refractivity contribution in [3.05, 3.63) is 75.2 Å². The predicted octanol–water partition coefficient (Wildman–Crippen LogP) is 3.08. The van der Waals surface area contributed by atoms with Gasteiger partial charge in [0.05, 0.1) is 26.9 Å². The number of hydrogen-bond acceptors (Lipinski definition) is 4. The minimum Gasteiger partial charge on any atom is -0.316 e. The number of carbonyl (C=O) groups excluding carboxylic acids is 1. The number of halogens is 1. The van der Waals surface area contributed by atoms with E-state index >= 15 is 0 Å². The number of nitrogens with one attached hydrogen (secondary N) is 2. The molecule has 0 spiro atoms. The Morgan fingerprint density at radius 3 is 2.35 bits per heavy atom. The molecular weight excluding hydrogens is 440 g/mol. The van der Waals surface area contributed by atoms with Gasteiger partial charge in [-0.2, -0.15) is 0 Å². The van der Waals surface area contributed by atoms with Crippen LogP contribution in [0.5, 0.6) is 0 Å². The lowest BCUT2D eigenvalue weighted by atomic mass is 10.2. The van der Waals surface area contributed by atoms with Crippen LogP contribution in [0.3, 0.4) is 0 Å². The van der Waals surface area contributed by atoms with Gasteiger partial charge in [-0.25, -0.2) is 17.8 Å². The van der Waals surface area contributed by atoms with Gasteiger partial charge in [-0.1, -0.05) is 29.8 Å². The minimum atomic E-state index is -3.82. The van der Waals surface area contributed by atoms with Crippen molar-refractivity contribution in [2.24, 2.45) is 7.05 Å². The summed E-state index contributed by atoms with van der Waals surface area (Å²) < 4.78 is 30.4. The molecular formula is C21H23ClN4O4S. The van der Waals surface area contributed by atoms with Gasteiger partial charge in [-0.15, -0.1) is 0 Å². The van der Waals surface area contributed by atoms with Crippen molar-refractivity contribution >= 4 is 33.2 Å². The van der Waals surface area contributed by atoms with Crippen LogP contribution in [0.25, 0.3) is 5.69 Å². The highest BCUT2D eigenvalue weighted by atomic mass is 35.5. The molecule has 0 aliphatic heterocycles. The molecule has 8 nitrogen and oxygen atoms in total. The molecule has 0 bridgehead atoms. The molecule has 0 aliphatic carbocycles. The van der Waals surface area contributed by atoms with Gasteiger partial charge in [0.1, 0.15) is 5.69 Å². The van der Waals surface area contributed by atoms with Crippen molar-refractivity contribution in [1.29, 1.82) is 0 Å². The number of para-hydroxylation sites is 1. The monoisotopic (exact) mass is 462 g/mol. The normalized spacial score (nSPS) is 11.7. The number of amides is 1. The molecule has 2 N–H and O–H groups in total. The van der Waals surface area contributed by atoms with Crippen LogP contribution in [0.2, 0.25) is 5.02 Å². The van der Waals surface area contributed by atoms with E-state index in [1.807, 2.05) is 6.07 Å². The summed E-state index contributed by atoms with van der Waals surface area (Å²) in [6.07, 6.45) is 0. The summed E-state index contributed by atoms with van der Waals surface area (Å²) in [6.45, 7) is 5.08. The molecule has 0 saturated carbocycles. The van der Waals surface area contributed by atoms with Crippen molar-refractivity contribution in [1.82, 2.24) is 14.1 Å². The Balaban J connectivity index is 2.00. The van der Waals surface area contributed by atoms with Crippen LogP contribution in [0.1, 0.15) is 29.9 Å². The fourth-order valence-corrected chi connectivity index (χ4v) is 4.60. The van der Waals surface area contributed by atoms with Gasteiger partial charge in [-0.3, -0.25) is 14.3 Å². The van der Waals surface area contributed by atoms with Crippen LogP contribution in [0.4, 0.5) is 5.69 Å². The largest absolute Gasteiger partial charge is 0.316 e. The Morgan fingerprint density at radius 1 is 1.10 bits per heavy atom. The number of rotatable bonds is 6. The van der Waals surface area contributed by atoms with Gasteiger partial charge < -0.3 is 5.32 Å². The maximum absolute atomic E-state index is 13.0. The molecule has 31 heavy (non-hydrogen) atoms. The van der Waals surface area contributed by atoms with Crippen LogP contribution in [0.15, 0.2) is 58.2 Å². The van der Waals surface area contributed by atoms with E-state index in [-0.39, 0.29) is 27.2 Å². The van der Waals surface area contributed by atoms with Gasteiger partial charge in [0, 0.05) is 13.1 Å². The number of sulfonamides is 1. The summed E-state index contributed by atoms with van der Waals surface area (Å²) in [6, 6.07) is 12.5. The third kappa shape index (κ3) is 4.58. The molecule has 1 heterocycles. The van der Waals surface area contributed by atoms with Gasteiger partial charge in [0.2, 0.25) is 10.0 Å². The zero-order valence-electron chi connectivity index (χ0n) is 17.5. The van der Waals surface area contributed by atoms with Crippen LogP contribution < -0.4 is 15.6 Å². The minimum absolute atomic E-state index is 0.0535. The number of carbonyl (C=O) groups is 1. The predicted molar refractivity (Wildman–Crippen MR) is 121 cm³/mol. The molecule has 1 aromatic heterocycles. The lowest BCUT2D eigenvalue weighted by Crippen LogP contribution is -2.30. The number of benzene rings is 2. The molecule has 1 amide bonds. The molecule has 3 rings (SSSR count). The molecule has 2 aromatic carbocycles. The first-order valence-corrected chi connectivity index (χ1v) is 11.4. The summed E-state index contributed by atoms with van der Waals surface area (Å²) in [4.78, 5) is 25.8. The third-order valence-electron chi connectivity index (χ3n) is 4.68. The SMILES string of the molecule is Cc1c(NC(=O)c2cc(S(=O)(=O)NC(C)C)ccc2Cl)c(=O)n(-c2ccccc2)n1C. The Kier molecular flexibility index (Phi) is 6.40. The zero-order chi connectivity index (χ0) is 22.9. The van der Waals surface area contributed by atoms with Crippen molar-refractivity contribution in [3.63, 3.8) is 0 Å². The summed E-state index contributed by atoms with van der Waals surface area (Å²) in [5.74, 6) is -0.683. The molecule has 10 heteroatoms. The lowest BCUT2D eigenvalue weighted by Gasteiger charge is -2.11. The average Bonchev–Trinajstić information content (AvgIpc) is 2.91. The number of nitrogens with zero attached hydrogens (tertiary/aromatic N) is 2. The van der Waals surface area contributed by atoms with E-state index in [9.17, 15) is 18.0 Å². The van der Waals surface area contributed by atoms with Crippen LogP contribution in [-0.2, 0) is 17.1 Å². The highest BCUT2D eigenvalue weighted by Gasteiger charge is 2.22. The Hall–Kier alpha value is -2.88. The zero-order valence-corrected chi connectivity index (χ0v) is 19.1. The molecule has 0 fully saturated rings. The topological polar surface area (TPSA) is 102 Å². The standard InChI is InChI=1S/C21H23ClN4O4S/c1-13(2)24-31(29,30)16-10-11-18(22)17(12-16)20(27)23-19-14(3)25(4)26(21(19)28)15-8-6-5-7-9-15/h5-13,24H,1-4H3,(H,23,27). The van der Waals surface area contributed by atoms with E-state index < -0.39 is 21.5 Å². The van der Waals surface area contributed by atoms with Crippen molar-refractivity contribution in [2.45, 2.75) is 31.7 Å². The van der Waals surface area contributed by atoms with Crippen molar-refractivity contribution in [2.75, 3.05) is 5.32 Å². The maximum atomic E-state index is 13.0. The number of aromatic nitrogens is 2. The van der Waals surface area contributed by atoms with Crippen LogP contribution >= 0.6 is 11.6 Å². The first kappa shape index (κ1) is 22.8. The van der Waals surface area contributed by atoms with E-state index in [1.54, 1.807) is 56.8 Å². The van der Waals surface area contributed by atoms with Crippen LogP contribution in [-0.4, -0.2) is 29.7 Å². The molecule has 0 atom stereocenters. The van der Waals surface area contributed by atoms with Gasteiger partial charge in [0.15, 0.2) is 0 Å². The molecule has 0 aliphatic rings. The maximum Gasteiger partial charge on any atom is 0.295 e. The van der Waals surface area contributed by atoms with Crippen molar-refractivity contribution in [3.8, 4) is 5.69 Å². The van der Waals surface area contributed by atoms with Gasteiger partial charge in [0.25, 0.3) is 11.5 Å². The van der Waals surface area contributed by atoms with E-state index in [1.165, 1.54) is 22.9 Å². The summed E-state index contributed by atoms with van der Waals surface area (Å²) in [5.41, 5.74) is 0.789. The third-order valence-corrected chi connectivity index (χ3v) is 6.66. The second-order valence-electron chi connectivity index (χ2n) is 7.31. The molecule has 0 saturated heterocycles. The van der Waals surface area contributed by atoms with E-state index in [2.05, 4.69) is 10.0 Å².